The molecule has 1 unspecified atom stereocenters. The maximum absolute atomic E-state index is 6.06. The van der Waals surface area contributed by atoms with Gasteiger partial charge in [-0.25, -0.2) is 0 Å². The van der Waals surface area contributed by atoms with Crippen molar-refractivity contribution in [1.82, 2.24) is 4.98 Å². The Hall–Kier alpha value is -0.970. The minimum Gasteiger partial charge on any atom is -0.382 e. The molecule has 1 aromatic rings. The lowest BCUT2D eigenvalue weighted by molar-refractivity contribution is 0.0672. The number of ether oxygens (including phenoxy) is 2. The van der Waals surface area contributed by atoms with Gasteiger partial charge in [-0.15, -0.1) is 0 Å². The Balaban J connectivity index is 2.30. The molecule has 2 N–H and O–H groups in total. The average Bonchev–Trinajstić information content (AvgIpc) is 2.29. The molecule has 1 heterocycles. The molecule has 0 radical (unpaired) electrons. The Morgan fingerprint density at radius 3 is 2.88 bits per heavy atom. The molecule has 4 heteroatoms. The van der Waals surface area contributed by atoms with Crippen molar-refractivity contribution in [2.75, 3.05) is 26.9 Å². The van der Waals surface area contributed by atoms with Crippen LogP contribution < -0.4 is 5.73 Å². The normalized spacial score (nSPS) is 12.7. The number of aromatic nitrogens is 1. The van der Waals surface area contributed by atoms with E-state index in [0.29, 0.717) is 19.8 Å². The van der Waals surface area contributed by atoms with Crippen molar-refractivity contribution in [3.8, 4) is 0 Å². The van der Waals surface area contributed by atoms with Crippen molar-refractivity contribution in [3.05, 3.63) is 29.6 Å². The van der Waals surface area contributed by atoms with Crippen LogP contribution in [-0.2, 0) is 9.47 Å². The number of hydrogen-bond acceptors (Lipinski definition) is 4. The van der Waals surface area contributed by atoms with Crippen molar-refractivity contribution >= 4 is 0 Å². The molecule has 4 nitrogen and oxygen atoms in total. The number of nitrogens with zero attached hydrogens (tertiary/aromatic N) is 1. The maximum atomic E-state index is 6.06. The molecule has 90 valence electrons. The summed E-state index contributed by atoms with van der Waals surface area (Å²) < 4.78 is 10.3. The molecule has 0 amide bonds. The standard InChI is InChI=1S/C12H20N2O2/c1-10-3-5-14-9-11(10)12(13)4-6-16-8-7-15-2/h3,5,9,12H,4,6-8,13H2,1-2H3. The second-order valence-corrected chi connectivity index (χ2v) is 3.73. The molecule has 0 saturated carbocycles. The Morgan fingerprint density at radius 2 is 2.19 bits per heavy atom. The van der Waals surface area contributed by atoms with Crippen LogP contribution in [0.1, 0.15) is 23.6 Å². The van der Waals surface area contributed by atoms with E-state index in [1.807, 2.05) is 19.2 Å². The molecule has 0 spiro atoms. The van der Waals surface area contributed by atoms with E-state index in [0.717, 1.165) is 12.0 Å². The van der Waals surface area contributed by atoms with Gasteiger partial charge in [-0.2, -0.15) is 0 Å². The number of pyridine rings is 1. The summed E-state index contributed by atoms with van der Waals surface area (Å²) in [6.07, 6.45) is 4.41. The fraction of sp³-hybridized carbons (Fsp3) is 0.583. The fourth-order valence-electron chi connectivity index (χ4n) is 1.47. The van der Waals surface area contributed by atoms with Gasteiger partial charge in [0.05, 0.1) is 13.2 Å². The van der Waals surface area contributed by atoms with Gasteiger partial charge in [-0.3, -0.25) is 4.98 Å². The minimum atomic E-state index is -0.00348. The van der Waals surface area contributed by atoms with E-state index in [1.165, 1.54) is 5.56 Å². The van der Waals surface area contributed by atoms with Crippen LogP contribution in [0.2, 0.25) is 0 Å². The first kappa shape index (κ1) is 13.1. The highest BCUT2D eigenvalue weighted by Crippen LogP contribution is 2.16. The van der Waals surface area contributed by atoms with Crippen molar-refractivity contribution in [2.45, 2.75) is 19.4 Å². The van der Waals surface area contributed by atoms with Crippen LogP contribution in [0, 0.1) is 6.92 Å². The summed E-state index contributed by atoms with van der Waals surface area (Å²) >= 11 is 0. The molecule has 0 saturated heterocycles. The molecule has 1 atom stereocenters. The monoisotopic (exact) mass is 224 g/mol. The number of methoxy groups -OCH3 is 1. The van der Waals surface area contributed by atoms with Crippen LogP contribution in [0.15, 0.2) is 18.5 Å². The first-order valence-corrected chi connectivity index (χ1v) is 5.48. The van der Waals surface area contributed by atoms with E-state index in [1.54, 1.807) is 13.3 Å². The summed E-state index contributed by atoms with van der Waals surface area (Å²) in [6, 6.07) is 1.97. The predicted octanol–water partition coefficient (Wildman–Crippen LogP) is 1.44. The lowest BCUT2D eigenvalue weighted by atomic mass is 10.0. The highest BCUT2D eigenvalue weighted by molar-refractivity contribution is 5.24. The third-order valence-electron chi connectivity index (χ3n) is 2.48. The third kappa shape index (κ3) is 4.26. The van der Waals surface area contributed by atoms with Crippen molar-refractivity contribution in [1.29, 1.82) is 0 Å². The van der Waals surface area contributed by atoms with Crippen molar-refractivity contribution in [3.63, 3.8) is 0 Å². The third-order valence-corrected chi connectivity index (χ3v) is 2.48. The van der Waals surface area contributed by atoms with E-state index in [9.17, 15) is 0 Å². The van der Waals surface area contributed by atoms with Crippen molar-refractivity contribution < 1.29 is 9.47 Å². The smallest absolute Gasteiger partial charge is 0.0700 e. The average molecular weight is 224 g/mol. The highest BCUT2D eigenvalue weighted by atomic mass is 16.5. The molecule has 1 rings (SSSR count). The SMILES string of the molecule is COCCOCCC(N)c1cnccc1C. The molecule has 0 aliphatic heterocycles. The molecule has 0 aromatic carbocycles. The summed E-state index contributed by atoms with van der Waals surface area (Å²) in [4.78, 5) is 4.08. The zero-order chi connectivity index (χ0) is 11.8. The molecule has 0 aliphatic rings. The summed E-state index contributed by atoms with van der Waals surface area (Å²) in [5, 5.41) is 0. The molecule has 0 bridgehead atoms. The van der Waals surface area contributed by atoms with Gasteiger partial charge < -0.3 is 15.2 Å². The first-order chi connectivity index (χ1) is 7.75. The van der Waals surface area contributed by atoms with Crippen molar-refractivity contribution in [2.24, 2.45) is 5.73 Å². The molecular weight excluding hydrogens is 204 g/mol. The summed E-state index contributed by atoms with van der Waals surface area (Å²) in [7, 11) is 1.66. The van der Waals surface area contributed by atoms with E-state index >= 15 is 0 Å². The lowest BCUT2D eigenvalue weighted by Gasteiger charge is -2.13. The van der Waals surface area contributed by atoms with Crippen LogP contribution in [0.3, 0.4) is 0 Å². The highest BCUT2D eigenvalue weighted by Gasteiger charge is 2.08. The quantitative estimate of drug-likeness (QED) is 0.712. The number of nitrogens with two attached hydrogens (primary N) is 1. The van der Waals surface area contributed by atoms with Gasteiger partial charge in [0.15, 0.2) is 0 Å². The van der Waals surface area contributed by atoms with E-state index in [4.69, 9.17) is 15.2 Å². The van der Waals surface area contributed by atoms with E-state index in [2.05, 4.69) is 4.98 Å². The Labute approximate surface area is 96.8 Å². The summed E-state index contributed by atoms with van der Waals surface area (Å²) in [5.74, 6) is 0. The summed E-state index contributed by atoms with van der Waals surface area (Å²) in [5.41, 5.74) is 8.33. The number of hydrogen-bond donors (Lipinski definition) is 1. The molecule has 0 aliphatic carbocycles. The van der Waals surface area contributed by atoms with Gasteiger partial charge in [0.2, 0.25) is 0 Å². The second-order valence-electron chi connectivity index (χ2n) is 3.73. The molecule has 0 fully saturated rings. The topological polar surface area (TPSA) is 57.4 Å². The number of aryl methyl sites for hydroxylation is 1. The maximum Gasteiger partial charge on any atom is 0.0700 e. The van der Waals surface area contributed by atoms with Gasteiger partial charge in [0, 0.05) is 32.2 Å². The molecule has 16 heavy (non-hydrogen) atoms. The van der Waals surface area contributed by atoms with Gasteiger partial charge in [0.25, 0.3) is 0 Å². The van der Waals surface area contributed by atoms with Gasteiger partial charge in [-0.1, -0.05) is 0 Å². The Bertz CT molecular complexity index is 305. The largest absolute Gasteiger partial charge is 0.382 e. The van der Waals surface area contributed by atoms with Crippen LogP contribution in [0.25, 0.3) is 0 Å². The lowest BCUT2D eigenvalue weighted by Crippen LogP contribution is -2.15. The van der Waals surface area contributed by atoms with Crippen LogP contribution >= 0.6 is 0 Å². The Kier molecular flexibility index (Phi) is 6.00. The van der Waals surface area contributed by atoms with Gasteiger partial charge in [-0.05, 0) is 30.5 Å². The van der Waals surface area contributed by atoms with Crippen LogP contribution in [-0.4, -0.2) is 31.9 Å². The zero-order valence-electron chi connectivity index (χ0n) is 9.98. The van der Waals surface area contributed by atoms with Crippen LogP contribution in [0.5, 0.6) is 0 Å². The minimum absolute atomic E-state index is 0.00348. The van der Waals surface area contributed by atoms with Gasteiger partial charge in [0.1, 0.15) is 0 Å². The summed E-state index contributed by atoms with van der Waals surface area (Å²) in [6.45, 7) is 3.94. The van der Waals surface area contributed by atoms with Gasteiger partial charge >= 0.3 is 0 Å². The number of rotatable bonds is 7. The van der Waals surface area contributed by atoms with E-state index in [-0.39, 0.29) is 6.04 Å². The molecular formula is C12H20N2O2. The fourth-order valence-corrected chi connectivity index (χ4v) is 1.47. The second kappa shape index (κ2) is 7.33. The molecule has 1 aromatic heterocycles. The Morgan fingerprint density at radius 1 is 1.38 bits per heavy atom. The first-order valence-electron chi connectivity index (χ1n) is 5.48. The van der Waals surface area contributed by atoms with E-state index < -0.39 is 0 Å². The zero-order valence-corrected chi connectivity index (χ0v) is 9.98. The van der Waals surface area contributed by atoms with Crippen LogP contribution in [0.4, 0.5) is 0 Å². The predicted molar refractivity (Wildman–Crippen MR) is 63.2 cm³/mol.